The molecule has 0 radical (unpaired) electrons. The predicted molar refractivity (Wildman–Crippen MR) is 136 cm³/mol. The largest absolute Gasteiger partial charge is 0.497 e. The molecule has 0 saturated carbocycles. The zero-order valence-electron chi connectivity index (χ0n) is 20.8. The van der Waals surface area contributed by atoms with Crippen LogP contribution in [-0.2, 0) is 6.42 Å². The van der Waals surface area contributed by atoms with Crippen molar-refractivity contribution in [1.29, 1.82) is 0 Å². The van der Waals surface area contributed by atoms with Crippen LogP contribution in [0.4, 0.5) is 17.6 Å². The Bertz CT molecular complexity index is 1210. The molecule has 0 spiro atoms. The van der Waals surface area contributed by atoms with E-state index in [1.54, 1.807) is 25.3 Å². The molecule has 4 nitrogen and oxygen atoms in total. The molecule has 1 fully saturated rings. The SMILES string of the molecule is COc1ccc2ncc(Cl)c([C@@H](F)CCC3(CO)CCN(CCCc4cc(F)c(F)c(F)c4)CC3)c2c1. The number of aryl methyl sites for hydroxylation is 1. The van der Waals surface area contributed by atoms with E-state index in [0.29, 0.717) is 66.4 Å². The minimum atomic E-state index is -1.45. The number of halogens is 5. The van der Waals surface area contributed by atoms with Crippen LogP contribution in [0.3, 0.4) is 0 Å². The van der Waals surface area contributed by atoms with Gasteiger partial charge >= 0.3 is 0 Å². The van der Waals surface area contributed by atoms with Gasteiger partial charge in [-0.3, -0.25) is 4.98 Å². The second-order valence-electron chi connectivity index (χ2n) is 9.89. The number of pyridine rings is 1. The van der Waals surface area contributed by atoms with Gasteiger partial charge in [0.2, 0.25) is 0 Å². The number of fused-ring (bicyclic) bond motifs is 1. The molecule has 1 aliphatic heterocycles. The van der Waals surface area contributed by atoms with E-state index in [4.69, 9.17) is 16.3 Å². The van der Waals surface area contributed by atoms with Crippen LogP contribution in [0.15, 0.2) is 36.5 Å². The van der Waals surface area contributed by atoms with Crippen LogP contribution in [0.25, 0.3) is 10.9 Å². The maximum Gasteiger partial charge on any atom is 0.194 e. The molecular weight excluding hydrogens is 508 g/mol. The van der Waals surface area contributed by atoms with Crippen LogP contribution in [0.1, 0.15) is 49.4 Å². The maximum absolute atomic E-state index is 15.6. The smallest absolute Gasteiger partial charge is 0.194 e. The lowest BCUT2D eigenvalue weighted by atomic mass is 9.74. The van der Waals surface area contributed by atoms with Crippen LogP contribution in [-0.4, -0.2) is 48.3 Å². The quantitative estimate of drug-likeness (QED) is 0.227. The Hall–Kier alpha value is -2.42. The molecule has 1 atom stereocenters. The van der Waals surface area contributed by atoms with E-state index >= 15 is 4.39 Å². The number of benzene rings is 2. The topological polar surface area (TPSA) is 45.6 Å². The Balaban J connectivity index is 1.32. The van der Waals surface area contributed by atoms with E-state index in [0.717, 1.165) is 25.2 Å². The van der Waals surface area contributed by atoms with Crippen molar-refractivity contribution in [3.63, 3.8) is 0 Å². The number of alkyl halides is 1. The maximum atomic E-state index is 15.6. The van der Waals surface area contributed by atoms with Gasteiger partial charge in [0.1, 0.15) is 11.9 Å². The Morgan fingerprint density at radius 3 is 2.49 bits per heavy atom. The molecule has 37 heavy (non-hydrogen) atoms. The number of methoxy groups -OCH3 is 1. The molecule has 0 bridgehead atoms. The first-order valence-corrected chi connectivity index (χ1v) is 12.9. The molecule has 9 heteroatoms. The minimum absolute atomic E-state index is 0.0274. The van der Waals surface area contributed by atoms with Gasteiger partial charge in [-0.2, -0.15) is 0 Å². The summed E-state index contributed by atoms with van der Waals surface area (Å²) in [7, 11) is 1.55. The number of aromatic nitrogens is 1. The lowest BCUT2D eigenvalue weighted by Crippen LogP contribution is -2.42. The Morgan fingerprint density at radius 2 is 1.84 bits per heavy atom. The van der Waals surface area contributed by atoms with Gasteiger partial charge in [-0.05, 0) is 99.5 Å². The molecule has 1 aromatic heterocycles. The standard InChI is InChI=1S/C28H31ClF4N2O2/c1-37-19-4-5-25-20(15-19)26(21(29)16-34-25)22(30)6-7-28(17-36)8-11-35(12-9-28)10-2-3-18-13-23(31)27(33)24(32)14-18/h4-5,13-16,22,36H,2-3,6-12,17H2,1H3/t22-/m0/s1. The monoisotopic (exact) mass is 538 g/mol. The molecule has 0 amide bonds. The van der Waals surface area contributed by atoms with E-state index in [9.17, 15) is 18.3 Å². The number of nitrogens with zero attached hydrogens (tertiary/aromatic N) is 2. The zero-order chi connectivity index (χ0) is 26.6. The fourth-order valence-corrected chi connectivity index (χ4v) is 5.46. The van der Waals surface area contributed by atoms with Crippen LogP contribution in [0, 0.1) is 22.9 Å². The molecule has 200 valence electrons. The van der Waals surface area contributed by atoms with Gasteiger partial charge in [0.15, 0.2) is 17.5 Å². The number of aliphatic hydroxyl groups is 1. The molecule has 1 aliphatic rings. The number of piperidine rings is 1. The zero-order valence-corrected chi connectivity index (χ0v) is 21.5. The Kier molecular flexibility index (Phi) is 8.93. The molecule has 2 heterocycles. The van der Waals surface area contributed by atoms with Crippen LogP contribution in [0.2, 0.25) is 5.02 Å². The highest BCUT2D eigenvalue weighted by atomic mass is 35.5. The van der Waals surface area contributed by atoms with Crippen molar-refractivity contribution in [3.8, 4) is 5.75 Å². The molecule has 2 aromatic carbocycles. The molecule has 1 saturated heterocycles. The van der Waals surface area contributed by atoms with Gasteiger partial charge < -0.3 is 14.7 Å². The summed E-state index contributed by atoms with van der Waals surface area (Å²) >= 11 is 6.36. The van der Waals surface area contributed by atoms with Gasteiger partial charge in [-0.1, -0.05) is 11.6 Å². The second-order valence-corrected chi connectivity index (χ2v) is 10.3. The van der Waals surface area contributed by atoms with Gasteiger partial charge in [0, 0.05) is 23.8 Å². The van der Waals surface area contributed by atoms with Crippen molar-refractivity contribution >= 4 is 22.5 Å². The van der Waals surface area contributed by atoms with E-state index in [2.05, 4.69) is 9.88 Å². The van der Waals surface area contributed by atoms with Crippen molar-refractivity contribution in [1.82, 2.24) is 9.88 Å². The van der Waals surface area contributed by atoms with Gasteiger partial charge in [0.25, 0.3) is 0 Å². The average Bonchev–Trinajstić information content (AvgIpc) is 2.90. The fraction of sp³-hybridized carbons (Fsp3) is 0.464. The molecule has 0 unspecified atom stereocenters. The number of hydrogen-bond donors (Lipinski definition) is 1. The van der Waals surface area contributed by atoms with Crippen molar-refractivity contribution in [2.75, 3.05) is 33.4 Å². The van der Waals surface area contributed by atoms with Crippen LogP contribution < -0.4 is 4.74 Å². The second kappa shape index (κ2) is 12.0. The van der Waals surface area contributed by atoms with Crippen LogP contribution >= 0.6 is 11.6 Å². The predicted octanol–water partition coefficient (Wildman–Crippen LogP) is 6.81. The summed E-state index contributed by atoms with van der Waals surface area (Å²) in [4.78, 5) is 6.52. The summed E-state index contributed by atoms with van der Waals surface area (Å²) in [6, 6.07) is 7.35. The first-order chi connectivity index (χ1) is 17.7. The minimum Gasteiger partial charge on any atom is -0.497 e. The molecule has 4 rings (SSSR count). The lowest BCUT2D eigenvalue weighted by Gasteiger charge is -2.41. The van der Waals surface area contributed by atoms with Gasteiger partial charge in [-0.25, -0.2) is 17.6 Å². The first-order valence-electron chi connectivity index (χ1n) is 12.5. The summed E-state index contributed by atoms with van der Waals surface area (Å²) in [6.07, 6.45) is 3.42. The number of rotatable bonds is 10. The molecule has 1 N–H and O–H groups in total. The van der Waals surface area contributed by atoms with E-state index < -0.39 is 23.6 Å². The normalized spacial score (nSPS) is 16.7. The number of aliphatic hydroxyl groups excluding tert-OH is 1. The highest BCUT2D eigenvalue weighted by Gasteiger charge is 2.35. The third-order valence-electron chi connectivity index (χ3n) is 7.55. The van der Waals surface area contributed by atoms with Gasteiger partial charge in [-0.15, -0.1) is 0 Å². The number of likely N-dealkylation sites (tertiary alicyclic amines) is 1. The van der Waals surface area contributed by atoms with E-state index in [-0.39, 0.29) is 23.5 Å². The summed E-state index contributed by atoms with van der Waals surface area (Å²) in [5.41, 5.74) is 1.08. The third-order valence-corrected chi connectivity index (χ3v) is 7.85. The summed E-state index contributed by atoms with van der Waals surface area (Å²) in [6.45, 7) is 2.16. The Morgan fingerprint density at radius 1 is 1.14 bits per heavy atom. The molecular formula is C28H31ClF4N2O2. The number of ether oxygens (including phenoxy) is 1. The van der Waals surface area contributed by atoms with Crippen molar-refractivity contribution in [3.05, 3.63) is 70.1 Å². The fourth-order valence-electron chi connectivity index (χ4n) is 5.19. The average molecular weight is 539 g/mol. The Labute approximate surface area is 219 Å². The van der Waals surface area contributed by atoms with E-state index in [1.807, 2.05) is 0 Å². The molecule has 3 aromatic rings. The van der Waals surface area contributed by atoms with Crippen molar-refractivity contribution in [2.24, 2.45) is 5.41 Å². The first kappa shape index (κ1) is 27.6. The summed E-state index contributed by atoms with van der Waals surface area (Å²) in [5, 5.41) is 11.1. The van der Waals surface area contributed by atoms with Crippen molar-refractivity contribution < 1.29 is 27.4 Å². The highest BCUT2D eigenvalue weighted by molar-refractivity contribution is 6.32. The van der Waals surface area contributed by atoms with Gasteiger partial charge in [0.05, 0.1) is 17.6 Å². The summed E-state index contributed by atoms with van der Waals surface area (Å²) < 4.78 is 60.9. The lowest BCUT2D eigenvalue weighted by molar-refractivity contribution is 0.0300. The van der Waals surface area contributed by atoms with Crippen LogP contribution in [0.5, 0.6) is 5.75 Å². The third kappa shape index (κ3) is 6.36. The number of hydrogen-bond acceptors (Lipinski definition) is 4. The molecule has 0 aliphatic carbocycles. The van der Waals surface area contributed by atoms with Crippen molar-refractivity contribution in [2.45, 2.75) is 44.7 Å². The van der Waals surface area contributed by atoms with E-state index in [1.165, 1.54) is 6.20 Å². The summed E-state index contributed by atoms with van der Waals surface area (Å²) in [5.74, 6) is -3.20. The highest BCUT2D eigenvalue weighted by Crippen LogP contribution is 2.42.